The molecule has 2 N–H and O–H groups in total. The van der Waals surface area contributed by atoms with Crippen molar-refractivity contribution in [2.75, 3.05) is 4.90 Å². The van der Waals surface area contributed by atoms with Crippen LogP contribution < -0.4 is 10.6 Å². The van der Waals surface area contributed by atoms with E-state index in [1.165, 1.54) is 49.4 Å². The highest BCUT2D eigenvalue weighted by atomic mass is 16.3. The quantitative estimate of drug-likeness (QED) is 0.186. The van der Waals surface area contributed by atoms with Gasteiger partial charge in [0.25, 0.3) is 0 Å². The normalized spacial score (nSPS) is 11.7. The molecular weight excluding hydrogens is 621 g/mol. The molecule has 1 aromatic heterocycles. The van der Waals surface area contributed by atoms with Crippen LogP contribution in [0.15, 0.2) is 174 Å². The van der Waals surface area contributed by atoms with Crippen LogP contribution >= 0.6 is 0 Å². The Labute approximate surface area is 297 Å². The minimum absolute atomic E-state index is 0.856. The first kappa shape index (κ1) is 30.5. The lowest BCUT2D eigenvalue weighted by atomic mass is 9.96. The third-order valence-corrected chi connectivity index (χ3v) is 10.0. The lowest BCUT2D eigenvalue weighted by molar-refractivity contribution is 0.668. The van der Waals surface area contributed by atoms with E-state index in [1.807, 2.05) is 6.08 Å². The van der Waals surface area contributed by atoms with E-state index in [0.29, 0.717) is 0 Å². The molecular formula is C48H36N2O. The van der Waals surface area contributed by atoms with Gasteiger partial charge in [-0.2, -0.15) is 0 Å². The predicted octanol–water partition coefficient (Wildman–Crippen LogP) is 13.2. The molecule has 3 heteroatoms. The smallest absolute Gasteiger partial charge is 0.136 e. The number of furan rings is 1. The number of nitrogens with zero attached hydrogens (tertiary/aromatic N) is 1. The van der Waals surface area contributed by atoms with Gasteiger partial charge in [0.05, 0.1) is 0 Å². The summed E-state index contributed by atoms with van der Waals surface area (Å²) < 4.78 is 6.43. The van der Waals surface area contributed by atoms with E-state index in [1.54, 1.807) is 6.20 Å². The SMILES string of the molecule is CCc1cc2c(cc1/C=C\N)oc1ccc(N(c3cccc(-c4cccc5ccccc45)c3)c3cccc(-c4cccc5ccccc45)c3)cc12. The Bertz CT molecular complexity index is 2640. The highest BCUT2D eigenvalue weighted by Crippen LogP contribution is 2.42. The fraction of sp³-hybridized carbons (Fsp3) is 0.0417. The molecule has 0 radical (unpaired) electrons. The highest BCUT2D eigenvalue weighted by molar-refractivity contribution is 6.08. The second-order valence-corrected chi connectivity index (χ2v) is 13.0. The van der Waals surface area contributed by atoms with E-state index in [2.05, 4.69) is 176 Å². The second kappa shape index (κ2) is 12.7. The van der Waals surface area contributed by atoms with Crippen LogP contribution in [0.4, 0.5) is 17.1 Å². The summed E-state index contributed by atoms with van der Waals surface area (Å²) in [6.45, 7) is 2.18. The molecule has 0 unspecified atom stereocenters. The van der Waals surface area contributed by atoms with E-state index >= 15 is 0 Å². The van der Waals surface area contributed by atoms with Crippen LogP contribution in [0.1, 0.15) is 18.1 Å². The zero-order valence-electron chi connectivity index (χ0n) is 28.4. The van der Waals surface area contributed by atoms with Gasteiger partial charge >= 0.3 is 0 Å². The van der Waals surface area contributed by atoms with Gasteiger partial charge in [0.1, 0.15) is 11.2 Å². The Kier molecular flexibility index (Phi) is 7.59. The van der Waals surface area contributed by atoms with Crippen LogP contribution in [0.5, 0.6) is 0 Å². The first-order valence-corrected chi connectivity index (χ1v) is 17.5. The van der Waals surface area contributed by atoms with Gasteiger partial charge in [-0.05, 0) is 128 Å². The molecule has 0 aliphatic carbocycles. The molecule has 0 aliphatic heterocycles. The molecule has 0 bridgehead atoms. The van der Waals surface area contributed by atoms with Crippen LogP contribution in [0.2, 0.25) is 0 Å². The number of hydrogen-bond acceptors (Lipinski definition) is 3. The van der Waals surface area contributed by atoms with Crippen LogP contribution in [0.25, 0.3) is 71.8 Å². The second-order valence-electron chi connectivity index (χ2n) is 13.0. The van der Waals surface area contributed by atoms with Gasteiger partial charge in [-0.25, -0.2) is 0 Å². The van der Waals surface area contributed by atoms with Crippen molar-refractivity contribution >= 4 is 66.6 Å². The fourth-order valence-electron chi connectivity index (χ4n) is 7.60. The number of hydrogen-bond donors (Lipinski definition) is 1. The van der Waals surface area contributed by atoms with E-state index in [0.717, 1.165) is 51.0 Å². The van der Waals surface area contributed by atoms with Crippen molar-refractivity contribution in [3.63, 3.8) is 0 Å². The summed E-state index contributed by atoms with van der Waals surface area (Å²) in [7, 11) is 0. The summed E-state index contributed by atoms with van der Waals surface area (Å²) in [4.78, 5) is 2.37. The van der Waals surface area contributed by atoms with E-state index < -0.39 is 0 Å². The maximum absolute atomic E-state index is 6.43. The minimum Gasteiger partial charge on any atom is -0.456 e. The summed E-state index contributed by atoms with van der Waals surface area (Å²) in [6, 6.07) is 59.0. The average molecular weight is 657 g/mol. The fourth-order valence-corrected chi connectivity index (χ4v) is 7.60. The summed E-state index contributed by atoms with van der Waals surface area (Å²) in [5.41, 5.74) is 17.8. The number of rotatable bonds is 7. The molecule has 0 amide bonds. The van der Waals surface area contributed by atoms with Crippen molar-refractivity contribution in [2.45, 2.75) is 13.3 Å². The molecule has 9 aromatic rings. The largest absolute Gasteiger partial charge is 0.456 e. The molecule has 9 rings (SSSR count). The Morgan fingerprint density at radius 1 is 0.510 bits per heavy atom. The number of benzene rings is 8. The van der Waals surface area contributed by atoms with Gasteiger partial charge in [-0.15, -0.1) is 0 Å². The predicted molar refractivity (Wildman–Crippen MR) is 217 cm³/mol. The zero-order valence-corrected chi connectivity index (χ0v) is 28.4. The van der Waals surface area contributed by atoms with Gasteiger partial charge in [-0.1, -0.05) is 116 Å². The van der Waals surface area contributed by atoms with Gasteiger partial charge in [0.15, 0.2) is 0 Å². The molecule has 0 atom stereocenters. The van der Waals surface area contributed by atoms with Crippen LogP contribution in [-0.2, 0) is 6.42 Å². The van der Waals surface area contributed by atoms with Gasteiger partial charge in [0.2, 0.25) is 0 Å². The number of anilines is 3. The number of nitrogens with two attached hydrogens (primary N) is 1. The maximum atomic E-state index is 6.43. The molecule has 0 fully saturated rings. The standard InChI is InChI=1S/C48H36N2O/c1-2-32-29-45-46-31-40(23-24-47(46)51-48(45)30-35(32)25-26-49)50(38-17-7-15-36(27-38)43-21-9-13-33-11-3-5-19-41(33)43)39-18-8-16-37(28-39)44-22-10-14-34-12-4-6-20-42(34)44/h3-31H,2,49H2,1H3/b26-25-. The van der Waals surface area contributed by atoms with Crippen LogP contribution in [0, 0.1) is 0 Å². The molecule has 8 aromatic carbocycles. The minimum atomic E-state index is 0.856. The van der Waals surface area contributed by atoms with Crippen molar-refractivity contribution in [3.8, 4) is 22.3 Å². The van der Waals surface area contributed by atoms with E-state index in [-0.39, 0.29) is 0 Å². The molecule has 3 nitrogen and oxygen atoms in total. The number of aryl methyl sites for hydroxylation is 1. The summed E-state index contributed by atoms with van der Waals surface area (Å²) >= 11 is 0. The Balaban J connectivity index is 1.26. The molecule has 1 heterocycles. The first-order valence-electron chi connectivity index (χ1n) is 17.5. The summed E-state index contributed by atoms with van der Waals surface area (Å²) in [5, 5.41) is 7.13. The maximum Gasteiger partial charge on any atom is 0.136 e. The van der Waals surface area contributed by atoms with Crippen LogP contribution in [-0.4, -0.2) is 0 Å². The molecule has 0 spiro atoms. The van der Waals surface area contributed by atoms with Crippen molar-refractivity contribution in [2.24, 2.45) is 5.73 Å². The highest BCUT2D eigenvalue weighted by Gasteiger charge is 2.18. The molecule has 244 valence electrons. The van der Waals surface area contributed by atoms with Gasteiger partial charge in [-0.3, -0.25) is 0 Å². The first-order chi connectivity index (χ1) is 25.2. The molecule has 0 saturated heterocycles. The van der Waals surface area contributed by atoms with Crippen LogP contribution in [0.3, 0.4) is 0 Å². The van der Waals surface area contributed by atoms with Gasteiger partial charge < -0.3 is 15.1 Å². The molecule has 0 aliphatic rings. The Hall–Kier alpha value is -6.58. The van der Waals surface area contributed by atoms with Crippen molar-refractivity contribution < 1.29 is 4.42 Å². The lowest BCUT2D eigenvalue weighted by Crippen LogP contribution is -2.10. The third-order valence-electron chi connectivity index (χ3n) is 10.0. The van der Waals surface area contributed by atoms with Crippen molar-refractivity contribution in [3.05, 3.63) is 181 Å². The van der Waals surface area contributed by atoms with Crippen molar-refractivity contribution in [1.82, 2.24) is 0 Å². The average Bonchev–Trinajstić information content (AvgIpc) is 3.54. The monoisotopic (exact) mass is 656 g/mol. The topological polar surface area (TPSA) is 42.4 Å². The third kappa shape index (κ3) is 5.40. The van der Waals surface area contributed by atoms with E-state index in [9.17, 15) is 0 Å². The Morgan fingerprint density at radius 2 is 1.06 bits per heavy atom. The molecule has 51 heavy (non-hydrogen) atoms. The Morgan fingerprint density at radius 3 is 1.67 bits per heavy atom. The lowest BCUT2D eigenvalue weighted by Gasteiger charge is -2.27. The zero-order chi connectivity index (χ0) is 34.3. The van der Waals surface area contributed by atoms with E-state index in [4.69, 9.17) is 10.2 Å². The summed E-state index contributed by atoms with van der Waals surface area (Å²) in [5.74, 6) is 0. The molecule has 0 saturated carbocycles. The van der Waals surface area contributed by atoms with Crippen molar-refractivity contribution in [1.29, 1.82) is 0 Å². The summed E-state index contributed by atoms with van der Waals surface area (Å²) in [6.07, 6.45) is 4.44. The number of fused-ring (bicyclic) bond motifs is 5. The van der Waals surface area contributed by atoms with Gasteiger partial charge in [0, 0.05) is 27.8 Å².